The van der Waals surface area contributed by atoms with Crippen molar-refractivity contribution in [3.05, 3.63) is 0 Å². The van der Waals surface area contributed by atoms with Gasteiger partial charge in [-0.3, -0.25) is 0 Å². The number of hydrogen-bond donors (Lipinski definition) is 2. The van der Waals surface area contributed by atoms with E-state index in [-0.39, 0.29) is 6.10 Å². The molecule has 3 N–H and O–H groups in total. The van der Waals surface area contributed by atoms with Crippen molar-refractivity contribution in [2.24, 2.45) is 11.7 Å². The summed E-state index contributed by atoms with van der Waals surface area (Å²) in [7, 11) is 0. The lowest BCUT2D eigenvalue weighted by molar-refractivity contribution is 0.177. The molecule has 1 aliphatic rings. The third-order valence-electron chi connectivity index (χ3n) is 2.09. The quantitative estimate of drug-likeness (QED) is 0.570. The number of hydrogen-bond acceptors (Lipinski definition) is 2. The zero-order valence-electron chi connectivity index (χ0n) is 5.71. The lowest BCUT2D eigenvalue weighted by atomic mass is 10.0. The average Bonchev–Trinajstić information content (AvgIpc) is 2.17. The Balaban J connectivity index is 2.14. The van der Waals surface area contributed by atoms with E-state index in [1.54, 1.807) is 0 Å². The summed E-state index contributed by atoms with van der Waals surface area (Å²) in [5.74, 6) is 0.713. The molecule has 0 aliphatic heterocycles. The average molecular weight is 129 g/mol. The van der Waals surface area contributed by atoms with Gasteiger partial charge in [0.15, 0.2) is 0 Å². The maximum absolute atomic E-state index is 9.09. The lowest BCUT2D eigenvalue weighted by Gasteiger charge is -2.04. The largest absolute Gasteiger partial charge is 0.393 e. The van der Waals surface area contributed by atoms with Gasteiger partial charge in [-0.1, -0.05) is 0 Å². The van der Waals surface area contributed by atoms with Crippen LogP contribution in [0.1, 0.15) is 25.7 Å². The molecule has 1 aliphatic carbocycles. The fourth-order valence-electron chi connectivity index (χ4n) is 1.55. The van der Waals surface area contributed by atoms with Gasteiger partial charge < -0.3 is 10.8 Å². The molecule has 1 rings (SSSR count). The molecular weight excluding hydrogens is 114 g/mol. The van der Waals surface area contributed by atoms with Gasteiger partial charge in [0.2, 0.25) is 0 Å². The number of rotatable bonds is 2. The van der Waals surface area contributed by atoms with E-state index in [0.29, 0.717) is 5.92 Å². The fourth-order valence-corrected chi connectivity index (χ4v) is 1.55. The SMILES string of the molecule is NCCC1CCC(O)C1. The summed E-state index contributed by atoms with van der Waals surface area (Å²) in [4.78, 5) is 0. The molecule has 2 nitrogen and oxygen atoms in total. The van der Waals surface area contributed by atoms with Gasteiger partial charge in [-0.25, -0.2) is 0 Å². The van der Waals surface area contributed by atoms with Crippen LogP contribution in [0.3, 0.4) is 0 Å². The van der Waals surface area contributed by atoms with Gasteiger partial charge in [0.25, 0.3) is 0 Å². The molecule has 0 bridgehead atoms. The Morgan fingerprint density at radius 3 is 2.67 bits per heavy atom. The van der Waals surface area contributed by atoms with Gasteiger partial charge in [0, 0.05) is 0 Å². The molecule has 2 unspecified atom stereocenters. The first-order chi connectivity index (χ1) is 4.33. The minimum Gasteiger partial charge on any atom is -0.393 e. The van der Waals surface area contributed by atoms with E-state index in [2.05, 4.69) is 0 Å². The lowest BCUT2D eigenvalue weighted by Crippen LogP contribution is -2.06. The van der Waals surface area contributed by atoms with Crippen molar-refractivity contribution < 1.29 is 5.11 Å². The van der Waals surface area contributed by atoms with E-state index in [4.69, 9.17) is 10.8 Å². The maximum Gasteiger partial charge on any atom is 0.0543 e. The summed E-state index contributed by atoms with van der Waals surface area (Å²) in [6.07, 6.45) is 4.22. The molecule has 0 aromatic heterocycles. The summed E-state index contributed by atoms with van der Waals surface area (Å²) in [6.45, 7) is 0.775. The molecule has 1 saturated carbocycles. The molecule has 1 fully saturated rings. The van der Waals surface area contributed by atoms with Crippen LogP contribution >= 0.6 is 0 Å². The monoisotopic (exact) mass is 129 g/mol. The third-order valence-corrected chi connectivity index (χ3v) is 2.09. The first-order valence-electron chi connectivity index (χ1n) is 3.71. The molecular formula is C7H15NO. The Kier molecular flexibility index (Phi) is 2.49. The molecule has 0 aromatic carbocycles. The fraction of sp³-hybridized carbons (Fsp3) is 1.00. The molecule has 9 heavy (non-hydrogen) atoms. The number of aliphatic hydroxyl groups excluding tert-OH is 1. The summed E-state index contributed by atoms with van der Waals surface area (Å²) in [5, 5.41) is 9.09. The molecule has 0 heterocycles. The maximum atomic E-state index is 9.09. The highest BCUT2D eigenvalue weighted by Gasteiger charge is 2.21. The van der Waals surface area contributed by atoms with Crippen LogP contribution in [-0.2, 0) is 0 Å². The van der Waals surface area contributed by atoms with Crippen molar-refractivity contribution in [1.29, 1.82) is 0 Å². The van der Waals surface area contributed by atoms with Crippen LogP contribution in [0.5, 0.6) is 0 Å². The summed E-state index contributed by atoms with van der Waals surface area (Å²) < 4.78 is 0. The third kappa shape index (κ3) is 1.95. The second-order valence-corrected chi connectivity index (χ2v) is 2.91. The molecule has 0 amide bonds. The van der Waals surface area contributed by atoms with Gasteiger partial charge in [-0.15, -0.1) is 0 Å². The molecule has 2 atom stereocenters. The predicted octanol–water partition coefficient (Wildman–Crippen LogP) is 0.496. The van der Waals surface area contributed by atoms with Gasteiger partial charge in [-0.2, -0.15) is 0 Å². The molecule has 0 spiro atoms. The topological polar surface area (TPSA) is 46.2 Å². The predicted molar refractivity (Wildman–Crippen MR) is 37.0 cm³/mol. The summed E-state index contributed by atoms with van der Waals surface area (Å²) in [5.41, 5.74) is 5.37. The van der Waals surface area contributed by atoms with Crippen LogP contribution in [0.25, 0.3) is 0 Å². The van der Waals surface area contributed by atoms with Crippen molar-refractivity contribution in [2.75, 3.05) is 6.54 Å². The molecule has 54 valence electrons. The van der Waals surface area contributed by atoms with Gasteiger partial charge >= 0.3 is 0 Å². The summed E-state index contributed by atoms with van der Waals surface area (Å²) in [6, 6.07) is 0. The van der Waals surface area contributed by atoms with E-state index < -0.39 is 0 Å². The van der Waals surface area contributed by atoms with Crippen LogP contribution in [0, 0.1) is 5.92 Å². The van der Waals surface area contributed by atoms with Gasteiger partial charge in [0.05, 0.1) is 6.10 Å². The van der Waals surface area contributed by atoms with Crippen LogP contribution in [-0.4, -0.2) is 17.8 Å². The van der Waals surface area contributed by atoms with E-state index in [0.717, 1.165) is 25.8 Å². The Labute approximate surface area is 56.1 Å². The second-order valence-electron chi connectivity index (χ2n) is 2.91. The Hall–Kier alpha value is -0.0800. The molecule has 0 aromatic rings. The Bertz CT molecular complexity index is 83.0. The zero-order valence-corrected chi connectivity index (χ0v) is 5.71. The normalized spacial score (nSPS) is 35.3. The van der Waals surface area contributed by atoms with E-state index >= 15 is 0 Å². The zero-order chi connectivity index (χ0) is 6.69. The number of nitrogens with two attached hydrogens (primary N) is 1. The van der Waals surface area contributed by atoms with Gasteiger partial charge in [0.1, 0.15) is 0 Å². The van der Waals surface area contributed by atoms with Crippen molar-refractivity contribution in [3.8, 4) is 0 Å². The molecule has 0 radical (unpaired) electrons. The highest BCUT2D eigenvalue weighted by atomic mass is 16.3. The van der Waals surface area contributed by atoms with E-state index in [1.807, 2.05) is 0 Å². The van der Waals surface area contributed by atoms with Crippen LogP contribution in [0.2, 0.25) is 0 Å². The van der Waals surface area contributed by atoms with Crippen molar-refractivity contribution >= 4 is 0 Å². The van der Waals surface area contributed by atoms with Crippen LogP contribution in [0.4, 0.5) is 0 Å². The van der Waals surface area contributed by atoms with Crippen molar-refractivity contribution in [1.82, 2.24) is 0 Å². The first-order valence-corrected chi connectivity index (χ1v) is 3.71. The second kappa shape index (κ2) is 3.18. The van der Waals surface area contributed by atoms with Gasteiger partial charge in [-0.05, 0) is 38.1 Å². The Morgan fingerprint density at radius 1 is 1.44 bits per heavy atom. The smallest absolute Gasteiger partial charge is 0.0543 e. The van der Waals surface area contributed by atoms with Crippen LogP contribution < -0.4 is 5.73 Å². The first kappa shape index (κ1) is 7.03. The van der Waals surface area contributed by atoms with E-state index in [1.165, 1.54) is 6.42 Å². The number of aliphatic hydroxyl groups is 1. The van der Waals surface area contributed by atoms with E-state index in [9.17, 15) is 0 Å². The molecule has 2 heteroatoms. The molecule has 0 saturated heterocycles. The standard InChI is InChI=1S/C7H15NO/c8-4-3-6-1-2-7(9)5-6/h6-7,9H,1-5,8H2. The highest BCUT2D eigenvalue weighted by molar-refractivity contribution is 4.74. The minimum atomic E-state index is -0.0263. The van der Waals surface area contributed by atoms with Crippen molar-refractivity contribution in [2.45, 2.75) is 31.8 Å². The Morgan fingerprint density at radius 2 is 2.22 bits per heavy atom. The van der Waals surface area contributed by atoms with Crippen molar-refractivity contribution in [3.63, 3.8) is 0 Å². The highest BCUT2D eigenvalue weighted by Crippen LogP contribution is 2.27. The summed E-state index contributed by atoms with van der Waals surface area (Å²) >= 11 is 0. The minimum absolute atomic E-state index is 0.0263. The van der Waals surface area contributed by atoms with Crippen LogP contribution in [0.15, 0.2) is 0 Å².